The summed E-state index contributed by atoms with van der Waals surface area (Å²) in [6.07, 6.45) is 6.09. The topological polar surface area (TPSA) is 38.5 Å². The van der Waals surface area contributed by atoms with Gasteiger partial charge < -0.3 is 15.4 Å². The van der Waals surface area contributed by atoms with Gasteiger partial charge in [-0.15, -0.1) is 0 Å². The largest absolute Gasteiger partial charge is 0.393 e. The molecule has 1 atom stereocenters. The first-order valence-corrected chi connectivity index (χ1v) is 6.75. The normalized spacial score (nSPS) is 20.5. The number of rotatable bonds is 8. The maximum Gasteiger partial charge on any atom is 0.0727 e. The molecule has 94 valence electrons. The van der Waals surface area contributed by atoms with Crippen molar-refractivity contribution < 1.29 is 4.74 Å². The molecule has 16 heavy (non-hydrogen) atoms. The van der Waals surface area contributed by atoms with Crippen LogP contribution in [-0.4, -0.2) is 42.2 Å². The first-order valence-electron chi connectivity index (χ1n) is 6.34. The van der Waals surface area contributed by atoms with Crippen LogP contribution in [0.3, 0.4) is 0 Å². The lowest BCUT2D eigenvalue weighted by molar-refractivity contribution is 0.0743. The van der Waals surface area contributed by atoms with Crippen molar-refractivity contribution in [2.45, 2.75) is 45.1 Å². The van der Waals surface area contributed by atoms with Gasteiger partial charge in [-0.05, 0) is 45.2 Å². The zero-order valence-corrected chi connectivity index (χ0v) is 11.1. The fraction of sp³-hybridized carbons (Fsp3) is 0.917. The molecule has 1 aliphatic heterocycles. The van der Waals surface area contributed by atoms with E-state index in [2.05, 4.69) is 11.8 Å². The third-order valence-corrected chi connectivity index (χ3v) is 3.28. The van der Waals surface area contributed by atoms with E-state index in [1.807, 2.05) is 0 Å². The van der Waals surface area contributed by atoms with Crippen LogP contribution in [0.1, 0.15) is 39.0 Å². The van der Waals surface area contributed by atoms with E-state index in [1.165, 1.54) is 19.3 Å². The van der Waals surface area contributed by atoms with Crippen molar-refractivity contribution in [2.75, 3.05) is 26.2 Å². The fourth-order valence-corrected chi connectivity index (χ4v) is 2.23. The van der Waals surface area contributed by atoms with Crippen LogP contribution in [0.4, 0.5) is 0 Å². The number of hydrogen-bond acceptors (Lipinski definition) is 3. The second kappa shape index (κ2) is 7.98. The van der Waals surface area contributed by atoms with Gasteiger partial charge in [0.05, 0.1) is 11.1 Å². The summed E-state index contributed by atoms with van der Waals surface area (Å²) in [4.78, 5) is 3.11. The molecule has 4 heteroatoms. The van der Waals surface area contributed by atoms with E-state index in [1.54, 1.807) is 0 Å². The van der Waals surface area contributed by atoms with Gasteiger partial charge in [0.15, 0.2) is 0 Å². The van der Waals surface area contributed by atoms with Crippen molar-refractivity contribution in [1.29, 1.82) is 0 Å². The molecule has 0 aromatic heterocycles. The summed E-state index contributed by atoms with van der Waals surface area (Å²) < 4.78 is 5.65. The van der Waals surface area contributed by atoms with Gasteiger partial charge in [0, 0.05) is 13.2 Å². The quantitative estimate of drug-likeness (QED) is 0.523. The number of nitrogens with zero attached hydrogens (tertiary/aromatic N) is 1. The average Bonchev–Trinajstić information content (AvgIpc) is 2.75. The van der Waals surface area contributed by atoms with Crippen molar-refractivity contribution >= 4 is 17.2 Å². The van der Waals surface area contributed by atoms with Crippen molar-refractivity contribution in [2.24, 2.45) is 5.73 Å². The molecule has 0 aliphatic carbocycles. The van der Waals surface area contributed by atoms with Gasteiger partial charge in [-0.3, -0.25) is 0 Å². The number of thiocarbonyl (C=S) groups is 1. The van der Waals surface area contributed by atoms with Crippen molar-refractivity contribution in [1.82, 2.24) is 4.90 Å². The lowest BCUT2D eigenvalue weighted by atomic mass is 10.2. The molecule has 1 rings (SSSR count). The Bertz CT molecular complexity index is 205. The minimum atomic E-state index is 0.468. The second-order valence-electron chi connectivity index (χ2n) is 4.45. The Labute approximate surface area is 104 Å². The maximum absolute atomic E-state index is 5.65. The molecule has 1 unspecified atom stereocenters. The Balaban J connectivity index is 2.08. The lowest BCUT2D eigenvalue weighted by Gasteiger charge is -2.23. The van der Waals surface area contributed by atoms with Crippen LogP contribution in [0.2, 0.25) is 0 Å². The van der Waals surface area contributed by atoms with Gasteiger partial charge in [-0.2, -0.15) is 0 Å². The zero-order valence-electron chi connectivity index (χ0n) is 10.3. The second-order valence-corrected chi connectivity index (χ2v) is 4.98. The molecular weight excluding hydrogens is 220 g/mol. The van der Waals surface area contributed by atoms with E-state index in [0.717, 1.165) is 39.1 Å². The van der Waals surface area contributed by atoms with Gasteiger partial charge in [0.1, 0.15) is 0 Å². The van der Waals surface area contributed by atoms with Gasteiger partial charge in [0.2, 0.25) is 0 Å². The SMILES string of the molecule is CCN(CCCCC(N)=S)CC1CCCO1. The molecule has 0 aromatic rings. The zero-order chi connectivity index (χ0) is 11.8. The minimum Gasteiger partial charge on any atom is -0.393 e. The molecule has 1 fully saturated rings. The molecular formula is C12H24N2OS. The predicted molar refractivity (Wildman–Crippen MR) is 71.7 cm³/mol. The van der Waals surface area contributed by atoms with Crippen molar-refractivity contribution in [3.05, 3.63) is 0 Å². The highest BCUT2D eigenvalue weighted by Gasteiger charge is 2.17. The molecule has 0 aromatic carbocycles. The van der Waals surface area contributed by atoms with E-state index in [4.69, 9.17) is 22.7 Å². The van der Waals surface area contributed by atoms with Crippen LogP contribution < -0.4 is 5.73 Å². The lowest BCUT2D eigenvalue weighted by Crippen LogP contribution is -2.32. The smallest absolute Gasteiger partial charge is 0.0727 e. The summed E-state index contributed by atoms with van der Waals surface area (Å²) in [5, 5.41) is 0. The molecule has 2 N–H and O–H groups in total. The van der Waals surface area contributed by atoms with Gasteiger partial charge in [-0.1, -0.05) is 19.1 Å². The Morgan fingerprint density at radius 1 is 1.50 bits per heavy atom. The third-order valence-electron chi connectivity index (χ3n) is 3.08. The van der Waals surface area contributed by atoms with E-state index in [0.29, 0.717) is 11.1 Å². The monoisotopic (exact) mass is 244 g/mol. The van der Waals surface area contributed by atoms with E-state index < -0.39 is 0 Å². The summed E-state index contributed by atoms with van der Waals surface area (Å²) in [5.74, 6) is 0. The van der Waals surface area contributed by atoms with Gasteiger partial charge >= 0.3 is 0 Å². The summed E-state index contributed by atoms with van der Waals surface area (Å²) >= 11 is 4.86. The first-order chi connectivity index (χ1) is 7.72. The van der Waals surface area contributed by atoms with Crippen LogP contribution in [0, 0.1) is 0 Å². The summed E-state index contributed by atoms with van der Waals surface area (Å²) in [6.45, 7) is 6.49. The molecule has 0 saturated carbocycles. The number of likely N-dealkylation sites (N-methyl/N-ethyl adjacent to an activating group) is 1. The predicted octanol–water partition coefficient (Wildman–Crippen LogP) is 1.94. The number of unbranched alkanes of at least 4 members (excludes halogenated alkanes) is 1. The molecule has 0 spiro atoms. The summed E-state index contributed by atoms with van der Waals surface area (Å²) in [7, 11) is 0. The maximum atomic E-state index is 5.65. The Morgan fingerprint density at radius 3 is 2.88 bits per heavy atom. The van der Waals surface area contributed by atoms with Crippen LogP contribution in [0.25, 0.3) is 0 Å². The van der Waals surface area contributed by atoms with E-state index in [-0.39, 0.29) is 0 Å². The number of ether oxygens (including phenoxy) is 1. The molecule has 1 saturated heterocycles. The van der Waals surface area contributed by atoms with E-state index >= 15 is 0 Å². The Morgan fingerprint density at radius 2 is 2.31 bits per heavy atom. The Hall–Kier alpha value is -0.190. The minimum absolute atomic E-state index is 0.468. The van der Waals surface area contributed by atoms with Crippen molar-refractivity contribution in [3.63, 3.8) is 0 Å². The molecule has 1 aliphatic rings. The fourth-order valence-electron chi connectivity index (χ4n) is 2.09. The summed E-state index contributed by atoms with van der Waals surface area (Å²) in [5.41, 5.74) is 5.47. The highest BCUT2D eigenvalue weighted by Crippen LogP contribution is 2.13. The average molecular weight is 244 g/mol. The first kappa shape index (κ1) is 13.9. The number of hydrogen-bond donors (Lipinski definition) is 1. The van der Waals surface area contributed by atoms with Crippen LogP contribution in [0.15, 0.2) is 0 Å². The van der Waals surface area contributed by atoms with Crippen LogP contribution in [0.5, 0.6) is 0 Å². The highest BCUT2D eigenvalue weighted by molar-refractivity contribution is 7.80. The standard InChI is InChI=1S/C12H24N2OS/c1-2-14(8-4-3-7-12(13)16)10-11-6-5-9-15-11/h11H,2-10H2,1H3,(H2,13,16). The van der Waals surface area contributed by atoms with Gasteiger partial charge in [-0.25, -0.2) is 0 Å². The molecule has 0 amide bonds. The van der Waals surface area contributed by atoms with Crippen LogP contribution >= 0.6 is 12.2 Å². The molecule has 3 nitrogen and oxygen atoms in total. The third kappa shape index (κ3) is 5.77. The molecule has 0 radical (unpaired) electrons. The highest BCUT2D eigenvalue weighted by atomic mass is 32.1. The van der Waals surface area contributed by atoms with E-state index in [9.17, 15) is 0 Å². The summed E-state index contributed by atoms with van der Waals surface area (Å²) in [6, 6.07) is 0. The van der Waals surface area contributed by atoms with Gasteiger partial charge in [0.25, 0.3) is 0 Å². The number of nitrogens with two attached hydrogens (primary N) is 1. The molecule has 0 bridgehead atoms. The molecule has 1 heterocycles. The van der Waals surface area contributed by atoms with Crippen LogP contribution in [-0.2, 0) is 4.74 Å². The Kier molecular flexibility index (Phi) is 6.92. The van der Waals surface area contributed by atoms with Crippen molar-refractivity contribution in [3.8, 4) is 0 Å².